The van der Waals surface area contributed by atoms with E-state index in [1.807, 2.05) is 6.92 Å². The normalized spacial score (nSPS) is 13.3. The first-order valence-corrected chi connectivity index (χ1v) is 11.9. The molecule has 37 heavy (non-hydrogen) atoms. The Labute approximate surface area is 218 Å². The lowest BCUT2D eigenvalue weighted by atomic mass is 10.2. The van der Waals surface area contributed by atoms with Crippen LogP contribution in [0, 0.1) is 11.6 Å². The molecule has 2 N–H and O–H groups in total. The first-order valence-electron chi connectivity index (χ1n) is 11.5. The van der Waals surface area contributed by atoms with Gasteiger partial charge in [-0.3, -0.25) is 9.80 Å². The maximum atomic E-state index is 14.8. The van der Waals surface area contributed by atoms with E-state index in [-0.39, 0.29) is 28.8 Å². The minimum atomic E-state index is -0.852. The number of benzene rings is 1. The highest BCUT2D eigenvalue weighted by molar-refractivity contribution is 6.30. The van der Waals surface area contributed by atoms with Crippen LogP contribution in [-0.4, -0.2) is 27.8 Å². The van der Waals surface area contributed by atoms with Gasteiger partial charge >= 0.3 is 12.1 Å². The maximum absolute atomic E-state index is 14.8. The molecule has 0 aliphatic carbocycles. The van der Waals surface area contributed by atoms with Crippen LogP contribution in [0.3, 0.4) is 0 Å². The third-order valence-electron chi connectivity index (χ3n) is 4.65. The standard InChI is InChI=1S/C24H28ClF2N5O5/c1-5-6-7-8-21(33)36-20-14-31(30-32(20)29-23(34)37-24(2,3)4)16-9-10-19(17(26)12-16)35-22-18(27)11-15(25)13-28-22/h9-14,30H,5-8H2,1-4H3,(H,29,34). The van der Waals surface area contributed by atoms with Crippen LogP contribution in [0.5, 0.6) is 11.6 Å². The molecule has 0 radical (unpaired) electrons. The molecular formula is C24H28ClF2N5O5. The van der Waals surface area contributed by atoms with Crippen LogP contribution in [0.4, 0.5) is 19.3 Å². The van der Waals surface area contributed by atoms with Crippen LogP contribution < -0.4 is 20.7 Å². The van der Waals surface area contributed by atoms with Crippen molar-refractivity contribution < 1.29 is 32.6 Å². The number of hydrogen-bond acceptors (Lipinski definition) is 9. The molecule has 2 aromatic rings. The van der Waals surface area contributed by atoms with E-state index in [2.05, 4.69) is 15.9 Å². The summed E-state index contributed by atoms with van der Waals surface area (Å²) in [4.78, 5) is 28.3. The quantitative estimate of drug-likeness (QED) is 0.306. The Morgan fingerprint density at radius 2 is 1.92 bits per heavy atom. The van der Waals surface area contributed by atoms with Gasteiger partial charge in [0.1, 0.15) is 5.60 Å². The zero-order valence-corrected chi connectivity index (χ0v) is 21.6. The van der Waals surface area contributed by atoms with Crippen molar-refractivity contribution in [2.45, 2.75) is 59.0 Å². The summed E-state index contributed by atoms with van der Waals surface area (Å²) in [5, 5.41) is 2.39. The van der Waals surface area contributed by atoms with E-state index in [0.29, 0.717) is 6.42 Å². The molecule has 0 bridgehead atoms. The molecule has 1 aliphatic heterocycles. The molecule has 1 amide bonds. The van der Waals surface area contributed by atoms with E-state index in [1.165, 1.54) is 29.5 Å². The minimum absolute atomic E-state index is 0.0685. The number of nitrogens with one attached hydrogen (secondary N) is 2. The van der Waals surface area contributed by atoms with Gasteiger partial charge in [-0.25, -0.2) is 24.0 Å². The van der Waals surface area contributed by atoms with Crippen molar-refractivity contribution >= 4 is 29.4 Å². The third kappa shape index (κ3) is 8.19. The van der Waals surface area contributed by atoms with Gasteiger partial charge in [0.2, 0.25) is 0 Å². The van der Waals surface area contributed by atoms with Gasteiger partial charge in [0.15, 0.2) is 17.4 Å². The van der Waals surface area contributed by atoms with Gasteiger partial charge in [0, 0.05) is 18.7 Å². The number of amides is 1. The van der Waals surface area contributed by atoms with Crippen LogP contribution in [0.2, 0.25) is 5.02 Å². The fourth-order valence-electron chi connectivity index (χ4n) is 3.02. The maximum Gasteiger partial charge on any atom is 0.428 e. The summed E-state index contributed by atoms with van der Waals surface area (Å²) in [6.07, 6.45) is 4.32. The lowest BCUT2D eigenvalue weighted by molar-refractivity contribution is -0.143. The van der Waals surface area contributed by atoms with Crippen molar-refractivity contribution in [1.82, 2.24) is 21.1 Å². The monoisotopic (exact) mass is 539 g/mol. The number of anilines is 1. The molecule has 0 saturated carbocycles. The largest absolute Gasteiger partial charge is 0.443 e. The highest BCUT2D eigenvalue weighted by Crippen LogP contribution is 2.30. The second-order valence-electron chi connectivity index (χ2n) is 8.97. The zero-order chi connectivity index (χ0) is 27.2. The minimum Gasteiger partial charge on any atom is -0.443 e. The van der Waals surface area contributed by atoms with Gasteiger partial charge in [-0.2, -0.15) is 5.12 Å². The summed E-state index contributed by atoms with van der Waals surface area (Å²) < 4.78 is 44.7. The summed E-state index contributed by atoms with van der Waals surface area (Å²) in [7, 11) is 0. The number of esters is 1. The number of aromatic nitrogens is 1. The smallest absolute Gasteiger partial charge is 0.428 e. The number of halogens is 3. The summed E-state index contributed by atoms with van der Waals surface area (Å²) in [5.41, 5.74) is 4.63. The predicted molar refractivity (Wildman–Crippen MR) is 131 cm³/mol. The van der Waals surface area contributed by atoms with Crippen LogP contribution in [0.1, 0.15) is 53.4 Å². The lowest BCUT2D eigenvalue weighted by Crippen LogP contribution is -2.52. The second kappa shape index (κ2) is 12.1. The molecule has 0 fully saturated rings. The van der Waals surface area contributed by atoms with Crippen molar-refractivity contribution in [2.75, 3.05) is 5.01 Å². The number of unbranched alkanes of at least 4 members (excludes halogenated alkanes) is 2. The third-order valence-corrected chi connectivity index (χ3v) is 4.85. The summed E-state index contributed by atoms with van der Waals surface area (Å²) in [5.74, 6) is -2.99. The Bertz CT molecular complexity index is 1170. The molecule has 3 rings (SSSR count). The Hall–Kier alpha value is -3.64. The molecule has 0 saturated heterocycles. The highest BCUT2D eigenvalue weighted by Gasteiger charge is 2.29. The Kier molecular flexibility index (Phi) is 9.11. The highest BCUT2D eigenvalue weighted by atomic mass is 35.5. The lowest BCUT2D eigenvalue weighted by Gasteiger charge is -2.26. The van der Waals surface area contributed by atoms with Crippen molar-refractivity contribution in [3.05, 3.63) is 59.2 Å². The zero-order valence-electron chi connectivity index (χ0n) is 20.8. The number of carbonyl (C=O) groups excluding carboxylic acids is 2. The van der Waals surface area contributed by atoms with Gasteiger partial charge in [0.25, 0.3) is 11.8 Å². The first-order chi connectivity index (χ1) is 17.4. The van der Waals surface area contributed by atoms with Crippen molar-refractivity contribution in [1.29, 1.82) is 0 Å². The molecule has 0 spiro atoms. The average Bonchev–Trinajstić information content (AvgIpc) is 3.17. The van der Waals surface area contributed by atoms with Crippen molar-refractivity contribution in [3.63, 3.8) is 0 Å². The van der Waals surface area contributed by atoms with Gasteiger partial charge in [-0.05, 0) is 45.4 Å². The van der Waals surface area contributed by atoms with Crippen LogP contribution >= 0.6 is 11.6 Å². The van der Waals surface area contributed by atoms with E-state index in [0.717, 1.165) is 30.1 Å². The molecule has 10 nitrogen and oxygen atoms in total. The molecule has 1 aliphatic rings. The Morgan fingerprint density at radius 3 is 2.57 bits per heavy atom. The number of rotatable bonds is 9. The van der Waals surface area contributed by atoms with E-state index in [1.54, 1.807) is 20.8 Å². The van der Waals surface area contributed by atoms with Crippen LogP contribution in [0.25, 0.3) is 0 Å². The molecule has 1 aromatic carbocycles. The predicted octanol–water partition coefficient (Wildman–Crippen LogP) is 5.71. The number of ether oxygens (including phenoxy) is 3. The van der Waals surface area contributed by atoms with E-state index >= 15 is 0 Å². The van der Waals surface area contributed by atoms with Crippen molar-refractivity contribution in [2.24, 2.45) is 0 Å². The number of hydrogen-bond donors (Lipinski definition) is 2. The van der Waals surface area contributed by atoms with E-state index < -0.39 is 35.2 Å². The number of carbonyl (C=O) groups is 2. The second-order valence-corrected chi connectivity index (χ2v) is 9.41. The molecule has 0 atom stereocenters. The van der Waals surface area contributed by atoms with Crippen LogP contribution in [-0.2, 0) is 14.3 Å². The van der Waals surface area contributed by atoms with E-state index in [4.69, 9.17) is 25.8 Å². The van der Waals surface area contributed by atoms with Crippen molar-refractivity contribution in [3.8, 4) is 11.6 Å². The average molecular weight is 540 g/mol. The molecule has 2 heterocycles. The topological polar surface area (TPSA) is 105 Å². The molecule has 200 valence electrons. The van der Waals surface area contributed by atoms with E-state index in [9.17, 15) is 18.4 Å². The summed E-state index contributed by atoms with van der Waals surface area (Å²) in [6, 6.07) is 4.79. The fourth-order valence-corrected chi connectivity index (χ4v) is 3.17. The molecule has 13 heteroatoms. The van der Waals surface area contributed by atoms with Gasteiger partial charge in [0.05, 0.1) is 16.9 Å². The van der Waals surface area contributed by atoms with Crippen LogP contribution in [0.15, 0.2) is 42.5 Å². The van der Waals surface area contributed by atoms with Gasteiger partial charge in [-0.15, -0.1) is 5.53 Å². The van der Waals surface area contributed by atoms with Gasteiger partial charge < -0.3 is 14.2 Å². The Balaban J connectivity index is 1.77. The molecule has 1 aromatic heterocycles. The SMILES string of the molecule is CCCCCC(=O)OC1=CN(c2ccc(Oc3ncc(Cl)cc3F)c(F)c2)NN1NC(=O)OC(C)(C)C. The summed E-state index contributed by atoms with van der Waals surface area (Å²) in [6.45, 7) is 7.09. The molecule has 0 unspecified atom stereocenters. The van der Waals surface area contributed by atoms with Gasteiger partial charge in [-0.1, -0.05) is 31.4 Å². The number of hydrazine groups is 3. The first kappa shape index (κ1) is 27.9. The Morgan fingerprint density at radius 1 is 1.16 bits per heavy atom. The fraction of sp³-hybridized carbons (Fsp3) is 0.375. The number of pyridine rings is 1. The molecular weight excluding hydrogens is 512 g/mol. The number of nitrogens with zero attached hydrogens (tertiary/aromatic N) is 3. The summed E-state index contributed by atoms with van der Waals surface area (Å²) >= 11 is 5.67.